The van der Waals surface area contributed by atoms with Gasteiger partial charge in [-0.15, -0.1) is 0 Å². The molecular weight excluding hydrogens is 432 g/mol. The summed E-state index contributed by atoms with van der Waals surface area (Å²) in [6, 6.07) is 14.1. The summed E-state index contributed by atoms with van der Waals surface area (Å²) in [6.45, 7) is 9.09. The zero-order valence-electron chi connectivity index (χ0n) is 20.4. The second-order valence-electron chi connectivity index (χ2n) is 9.98. The van der Waals surface area contributed by atoms with E-state index < -0.39 is 35.5 Å². The highest BCUT2D eigenvalue weighted by Gasteiger charge is 2.36. The smallest absolute Gasteiger partial charge is 0.407 e. The number of hydrogen-bond acceptors (Lipinski definition) is 4. The number of fused-ring (bicyclic) bond motifs is 3. The summed E-state index contributed by atoms with van der Waals surface area (Å²) in [6.07, 6.45) is -0.0837. The Hall–Kier alpha value is -3.35. The Morgan fingerprint density at radius 2 is 1.50 bits per heavy atom. The van der Waals surface area contributed by atoms with Crippen molar-refractivity contribution in [2.75, 3.05) is 6.61 Å². The summed E-state index contributed by atoms with van der Waals surface area (Å²) in [7, 11) is 0. The van der Waals surface area contributed by atoms with Crippen LogP contribution in [0, 0.1) is 11.3 Å². The van der Waals surface area contributed by atoms with Crippen LogP contribution in [0.25, 0.3) is 11.1 Å². The zero-order chi connectivity index (χ0) is 25.0. The fourth-order valence-electron chi connectivity index (χ4n) is 4.35. The van der Waals surface area contributed by atoms with Gasteiger partial charge >= 0.3 is 12.1 Å². The molecule has 2 aromatic rings. The number of carboxylic acids is 1. The highest BCUT2D eigenvalue weighted by Crippen LogP contribution is 2.44. The minimum Gasteiger partial charge on any atom is -0.480 e. The van der Waals surface area contributed by atoms with Gasteiger partial charge in [0.25, 0.3) is 0 Å². The number of carbonyl (C=O) groups excluding carboxylic acids is 2. The van der Waals surface area contributed by atoms with Crippen molar-refractivity contribution in [3.8, 4) is 11.1 Å². The number of nitrogens with one attached hydrogen (secondary N) is 2. The van der Waals surface area contributed by atoms with Crippen molar-refractivity contribution in [3.05, 3.63) is 59.7 Å². The van der Waals surface area contributed by atoms with E-state index in [4.69, 9.17) is 4.74 Å². The van der Waals surface area contributed by atoms with E-state index >= 15 is 0 Å². The summed E-state index contributed by atoms with van der Waals surface area (Å²) in [5.74, 6) is -1.96. The third kappa shape index (κ3) is 5.41. The normalized spacial score (nSPS) is 15.4. The maximum Gasteiger partial charge on any atom is 0.407 e. The third-order valence-corrected chi connectivity index (χ3v) is 6.51. The lowest BCUT2D eigenvalue weighted by atomic mass is 9.86. The molecule has 1 aliphatic carbocycles. The largest absolute Gasteiger partial charge is 0.480 e. The van der Waals surface area contributed by atoms with Crippen molar-refractivity contribution < 1.29 is 24.2 Å². The van der Waals surface area contributed by atoms with Crippen molar-refractivity contribution in [1.82, 2.24) is 10.6 Å². The number of benzene rings is 2. The van der Waals surface area contributed by atoms with Gasteiger partial charge in [-0.2, -0.15) is 0 Å². The van der Waals surface area contributed by atoms with Gasteiger partial charge in [0.2, 0.25) is 5.91 Å². The van der Waals surface area contributed by atoms with Gasteiger partial charge in [0.1, 0.15) is 18.7 Å². The number of rotatable bonds is 8. The Balaban J connectivity index is 1.70. The van der Waals surface area contributed by atoms with Crippen LogP contribution in [0.3, 0.4) is 0 Å². The van der Waals surface area contributed by atoms with Crippen LogP contribution in [0.1, 0.15) is 58.1 Å². The van der Waals surface area contributed by atoms with Crippen LogP contribution >= 0.6 is 0 Å². The van der Waals surface area contributed by atoms with Crippen LogP contribution in [-0.4, -0.2) is 41.8 Å². The topological polar surface area (TPSA) is 105 Å². The Labute approximate surface area is 200 Å². The average Bonchev–Trinajstić information content (AvgIpc) is 3.11. The molecule has 182 valence electrons. The third-order valence-electron chi connectivity index (χ3n) is 6.51. The summed E-state index contributed by atoms with van der Waals surface area (Å²) < 4.78 is 5.59. The molecule has 0 aromatic heterocycles. The molecule has 2 aromatic carbocycles. The van der Waals surface area contributed by atoms with E-state index in [2.05, 4.69) is 22.8 Å². The molecule has 2 amide bonds. The number of carboxylic acid groups (broad SMARTS) is 1. The highest BCUT2D eigenvalue weighted by atomic mass is 16.5. The van der Waals surface area contributed by atoms with Gasteiger partial charge < -0.3 is 20.5 Å². The molecule has 2 unspecified atom stereocenters. The maximum atomic E-state index is 13.0. The van der Waals surface area contributed by atoms with Gasteiger partial charge in [-0.1, -0.05) is 89.6 Å². The number of hydrogen-bond donors (Lipinski definition) is 3. The second-order valence-corrected chi connectivity index (χ2v) is 9.98. The van der Waals surface area contributed by atoms with Crippen LogP contribution in [0.4, 0.5) is 4.79 Å². The molecule has 0 saturated carbocycles. The first-order valence-electron chi connectivity index (χ1n) is 11.7. The first-order valence-corrected chi connectivity index (χ1v) is 11.7. The number of alkyl carbamates (subject to hydrolysis) is 1. The lowest BCUT2D eigenvalue weighted by Gasteiger charge is -2.31. The van der Waals surface area contributed by atoms with Crippen molar-refractivity contribution in [1.29, 1.82) is 0 Å². The molecule has 3 rings (SSSR count). The van der Waals surface area contributed by atoms with Gasteiger partial charge in [0.15, 0.2) is 0 Å². The molecule has 3 atom stereocenters. The van der Waals surface area contributed by atoms with Crippen molar-refractivity contribution in [2.24, 2.45) is 11.3 Å². The number of ether oxygens (including phenoxy) is 1. The van der Waals surface area contributed by atoms with Crippen molar-refractivity contribution in [3.63, 3.8) is 0 Å². The van der Waals surface area contributed by atoms with Crippen LogP contribution in [-0.2, 0) is 14.3 Å². The molecular formula is C27H34N2O5. The maximum absolute atomic E-state index is 13.0. The number of carbonyl (C=O) groups is 3. The Bertz CT molecular complexity index is 1010. The molecule has 34 heavy (non-hydrogen) atoms. The summed E-state index contributed by atoms with van der Waals surface area (Å²) in [4.78, 5) is 37.4. The fourth-order valence-corrected chi connectivity index (χ4v) is 4.35. The molecule has 0 bridgehead atoms. The molecule has 0 saturated heterocycles. The van der Waals surface area contributed by atoms with E-state index in [9.17, 15) is 19.5 Å². The SMILES string of the molecule is CCC(C)[C@H](NC(=O)OCC1c2ccccc2-c2ccccc21)C(=O)NC(C(=O)O)C(C)(C)C. The molecule has 0 heterocycles. The quantitative estimate of drug-likeness (QED) is 0.529. The minimum atomic E-state index is -1.12. The molecule has 1 aliphatic rings. The van der Waals surface area contributed by atoms with E-state index in [1.165, 1.54) is 0 Å². The number of amides is 2. The van der Waals surface area contributed by atoms with E-state index in [-0.39, 0.29) is 18.4 Å². The van der Waals surface area contributed by atoms with Gasteiger partial charge in [0.05, 0.1) is 0 Å². The van der Waals surface area contributed by atoms with Gasteiger partial charge in [-0.3, -0.25) is 4.79 Å². The Morgan fingerprint density at radius 3 is 1.97 bits per heavy atom. The van der Waals surface area contributed by atoms with Gasteiger partial charge in [-0.25, -0.2) is 9.59 Å². The fraction of sp³-hybridized carbons (Fsp3) is 0.444. The molecule has 0 radical (unpaired) electrons. The van der Waals surface area contributed by atoms with Crippen LogP contribution in [0.5, 0.6) is 0 Å². The molecule has 7 nitrogen and oxygen atoms in total. The number of aliphatic carboxylic acids is 1. The lowest BCUT2D eigenvalue weighted by Crippen LogP contribution is -2.57. The Kier molecular flexibility index (Phi) is 7.64. The molecule has 0 aliphatic heterocycles. The first-order chi connectivity index (χ1) is 16.0. The standard InChI is InChI=1S/C27H34N2O5/c1-6-16(2)22(24(30)29-23(25(31)32)27(3,4)5)28-26(33)34-15-21-19-13-9-7-11-17(19)18-12-8-10-14-20(18)21/h7-14,16,21-23H,6,15H2,1-5H3,(H,28,33)(H,29,30)(H,31,32)/t16?,22-,23?/m0/s1. The molecule has 0 spiro atoms. The average molecular weight is 467 g/mol. The second kappa shape index (κ2) is 10.3. The highest BCUT2D eigenvalue weighted by molar-refractivity contribution is 5.89. The van der Waals surface area contributed by atoms with Gasteiger partial charge in [0, 0.05) is 5.92 Å². The predicted molar refractivity (Wildman–Crippen MR) is 130 cm³/mol. The van der Waals surface area contributed by atoms with Crippen LogP contribution in [0.15, 0.2) is 48.5 Å². The van der Waals surface area contributed by atoms with Crippen molar-refractivity contribution in [2.45, 2.75) is 59.0 Å². The first kappa shape index (κ1) is 25.3. The Morgan fingerprint density at radius 1 is 0.971 bits per heavy atom. The summed E-state index contributed by atoms with van der Waals surface area (Å²) >= 11 is 0. The summed E-state index contributed by atoms with van der Waals surface area (Å²) in [5.41, 5.74) is 3.77. The van der Waals surface area contributed by atoms with Gasteiger partial charge in [-0.05, 0) is 33.6 Å². The van der Waals surface area contributed by atoms with Crippen LogP contribution < -0.4 is 10.6 Å². The van der Waals surface area contributed by atoms with E-state index in [0.29, 0.717) is 6.42 Å². The minimum absolute atomic E-state index is 0.0914. The predicted octanol–water partition coefficient (Wildman–Crippen LogP) is 4.56. The molecule has 0 fully saturated rings. The van der Waals surface area contributed by atoms with Crippen molar-refractivity contribution >= 4 is 18.0 Å². The lowest BCUT2D eigenvalue weighted by molar-refractivity contribution is -0.145. The zero-order valence-corrected chi connectivity index (χ0v) is 20.4. The summed E-state index contributed by atoms with van der Waals surface area (Å²) in [5, 5.41) is 14.8. The van der Waals surface area contributed by atoms with E-state index in [1.54, 1.807) is 20.8 Å². The van der Waals surface area contributed by atoms with E-state index in [1.807, 2.05) is 50.2 Å². The monoisotopic (exact) mass is 466 g/mol. The molecule has 3 N–H and O–H groups in total. The van der Waals surface area contributed by atoms with Crippen LogP contribution in [0.2, 0.25) is 0 Å². The van der Waals surface area contributed by atoms with E-state index in [0.717, 1.165) is 22.3 Å². The molecule has 7 heteroatoms.